The minimum atomic E-state index is -0.597. The fraction of sp³-hybridized carbons (Fsp3) is 0.222. The molecule has 0 aromatic heterocycles. The molecule has 0 aliphatic carbocycles. The van der Waals surface area contributed by atoms with E-state index in [0.717, 1.165) is 0 Å². The third kappa shape index (κ3) is 4.92. The SMILES string of the molecule is CC(C)COC(=O)c1ccc(OC(=O)c2ccc(F)cc2)cc1. The summed E-state index contributed by atoms with van der Waals surface area (Å²) in [7, 11) is 0. The summed E-state index contributed by atoms with van der Waals surface area (Å²) in [6.07, 6.45) is 0. The van der Waals surface area contributed by atoms with Gasteiger partial charge in [-0.1, -0.05) is 13.8 Å². The van der Waals surface area contributed by atoms with E-state index >= 15 is 0 Å². The summed E-state index contributed by atoms with van der Waals surface area (Å²) in [6, 6.07) is 11.1. The third-order valence-corrected chi connectivity index (χ3v) is 2.93. The fourth-order valence-corrected chi connectivity index (χ4v) is 1.74. The number of halogens is 1. The van der Waals surface area contributed by atoms with Crippen molar-refractivity contribution in [3.05, 3.63) is 65.5 Å². The summed E-state index contributed by atoms with van der Waals surface area (Å²) in [6.45, 7) is 4.25. The van der Waals surface area contributed by atoms with Crippen LogP contribution in [0.15, 0.2) is 48.5 Å². The third-order valence-electron chi connectivity index (χ3n) is 2.93. The summed E-state index contributed by atoms with van der Waals surface area (Å²) in [5.74, 6) is -0.893. The Morgan fingerprint density at radius 1 is 0.913 bits per heavy atom. The maximum atomic E-state index is 12.8. The lowest BCUT2D eigenvalue weighted by molar-refractivity contribution is 0.0459. The van der Waals surface area contributed by atoms with Crippen LogP contribution in [0.4, 0.5) is 4.39 Å². The first-order valence-corrected chi connectivity index (χ1v) is 7.20. The lowest BCUT2D eigenvalue weighted by Gasteiger charge is -2.08. The molecule has 120 valence electrons. The van der Waals surface area contributed by atoms with Gasteiger partial charge in [0, 0.05) is 0 Å². The molecule has 0 unspecified atom stereocenters. The molecule has 23 heavy (non-hydrogen) atoms. The molecule has 0 radical (unpaired) electrons. The maximum Gasteiger partial charge on any atom is 0.343 e. The smallest absolute Gasteiger partial charge is 0.343 e. The largest absolute Gasteiger partial charge is 0.462 e. The van der Waals surface area contributed by atoms with Crippen molar-refractivity contribution < 1.29 is 23.5 Å². The Kier molecular flexibility index (Phi) is 5.46. The Morgan fingerprint density at radius 3 is 2.00 bits per heavy atom. The van der Waals surface area contributed by atoms with Gasteiger partial charge >= 0.3 is 11.9 Å². The van der Waals surface area contributed by atoms with E-state index < -0.39 is 17.8 Å². The van der Waals surface area contributed by atoms with Gasteiger partial charge in [0.1, 0.15) is 11.6 Å². The highest BCUT2D eigenvalue weighted by Gasteiger charge is 2.11. The van der Waals surface area contributed by atoms with Crippen LogP contribution in [0.25, 0.3) is 0 Å². The molecule has 2 rings (SSSR count). The number of hydrogen-bond acceptors (Lipinski definition) is 4. The average Bonchev–Trinajstić information content (AvgIpc) is 2.54. The molecule has 2 aromatic rings. The van der Waals surface area contributed by atoms with Crippen molar-refractivity contribution in [2.75, 3.05) is 6.61 Å². The highest BCUT2D eigenvalue weighted by Crippen LogP contribution is 2.15. The number of ether oxygens (including phenoxy) is 2. The Hall–Kier alpha value is -2.69. The molecule has 0 amide bonds. The Morgan fingerprint density at radius 2 is 1.43 bits per heavy atom. The summed E-state index contributed by atoms with van der Waals surface area (Å²) in [4.78, 5) is 23.7. The molecule has 5 heteroatoms. The molecule has 0 bridgehead atoms. The van der Waals surface area contributed by atoms with Crippen LogP contribution >= 0.6 is 0 Å². The summed E-state index contributed by atoms with van der Waals surface area (Å²) >= 11 is 0. The van der Waals surface area contributed by atoms with E-state index in [9.17, 15) is 14.0 Å². The van der Waals surface area contributed by atoms with Gasteiger partial charge in [0.15, 0.2) is 0 Å². The van der Waals surface area contributed by atoms with Crippen LogP contribution in [0.1, 0.15) is 34.6 Å². The van der Waals surface area contributed by atoms with E-state index in [0.29, 0.717) is 17.9 Å². The van der Waals surface area contributed by atoms with Crippen LogP contribution in [-0.4, -0.2) is 18.5 Å². The highest BCUT2D eigenvalue weighted by atomic mass is 19.1. The predicted octanol–water partition coefficient (Wildman–Crippen LogP) is 3.86. The van der Waals surface area contributed by atoms with Crippen molar-refractivity contribution in [1.29, 1.82) is 0 Å². The fourth-order valence-electron chi connectivity index (χ4n) is 1.74. The first kappa shape index (κ1) is 16.7. The molecule has 0 atom stereocenters. The van der Waals surface area contributed by atoms with Gasteiger partial charge in [-0.3, -0.25) is 0 Å². The maximum absolute atomic E-state index is 12.8. The van der Waals surface area contributed by atoms with Crippen LogP contribution in [0.3, 0.4) is 0 Å². The summed E-state index contributed by atoms with van der Waals surface area (Å²) in [5, 5.41) is 0. The Bertz CT molecular complexity index is 675. The highest BCUT2D eigenvalue weighted by molar-refractivity contribution is 5.92. The van der Waals surface area contributed by atoms with E-state index in [1.54, 1.807) is 0 Å². The molecule has 0 heterocycles. The number of carbonyl (C=O) groups is 2. The molecule has 0 aliphatic heterocycles. The number of benzene rings is 2. The molecule has 0 N–H and O–H groups in total. The van der Waals surface area contributed by atoms with Crippen molar-refractivity contribution in [3.8, 4) is 5.75 Å². The number of hydrogen-bond donors (Lipinski definition) is 0. The molecule has 0 saturated heterocycles. The molecular weight excluding hydrogens is 299 g/mol. The second kappa shape index (κ2) is 7.54. The van der Waals surface area contributed by atoms with Crippen molar-refractivity contribution in [2.24, 2.45) is 5.92 Å². The van der Waals surface area contributed by atoms with Gasteiger partial charge in [-0.15, -0.1) is 0 Å². The van der Waals surface area contributed by atoms with Crippen LogP contribution in [0.5, 0.6) is 5.75 Å². The standard InChI is InChI=1S/C18H17FO4/c1-12(2)11-22-17(20)13-5-9-16(10-6-13)23-18(21)14-3-7-15(19)8-4-14/h3-10,12H,11H2,1-2H3. The van der Waals surface area contributed by atoms with Gasteiger partial charge in [0.05, 0.1) is 17.7 Å². The number of esters is 2. The Labute approximate surface area is 133 Å². The monoisotopic (exact) mass is 316 g/mol. The normalized spacial score (nSPS) is 10.4. The zero-order valence-corrected chi connectivity index (χ0v) is 12.9. The van der Waals surface area contributed by atoms with E-state index in [-0.39, 0.29) is 11.5 Å². The molecule has 4 nitrogen and oxygen atoms in total. The minimum Gasteiger partial charge on any atom is -0.462 e. The lowest BCUT2D eigenvalue weighted by Crippen LogP contribution is -2.11. The first-order chi connectivity index (χ1) is 11.0. The number of rotatable bonds is 5. The molecule has 0 saturated carbocycles. The molecule has 0 spiro atoms. The van der Waals surface area contributed by atoms with Crippen molar-refractivity contribution in [3.63, 3.8) is 0 Å². The second-order valence-electron chi connectivity index (χ2n) is 5.41. The van der Waals surface area contributed by atoms with Gasteiger partial charge in [-0.05, 0) is 54.4 Å². The van der Waals surface area contributed by atoms with Gasteiger partial charge < -0.3 is 9.47 Å². The predicted molar refractivity (Wildman–Crippen MR) is 82.9 cm³/mol. The Balaban J connectivity index is 1.98. The lowest BCUT2D eigenvalue weighted by atomic mass is 10.2. The molecule has 2 aromatic carbocycles. The van der Waals surface area contributed by atoms with Gasteiger partial charge in [-0.2, -0.15) is 0 Å². The molecule has 0 aliphatic rings. The summed E-state index contributed by atoms with van der Waals surface area (Å²) < 4.78 is 23.1. The molecular formula is C18H17FO4. The minimum absolute atomic E-state index is 0.242. The zero-order valence-electron chi connectivity index (χ0n) is 12.9. The topological polar surface area (TPSA) is 52.6 Å². The van der Waals surface area contributed by atoms with E-state index in [1.165, 1.54) is 48.5 Å². The molecule has 0 fully saturated rings. The van der Waals surface area contributed by atoms with Crippen molar-refractivity contribution in [1.82, 2.24) is 0 Å². The first-order valence-electron chi connectivity index (χ1n) is 7.20. The van der Waals surface area contributed by atoms with Crippen LogP contribution in [0.2, 0.25) is 0 Å². The quantitative estimate of drug-likeness (QED) is 0.621. The van der Waals surface area contributed by atoms with Crippen LogP contribution in [0, 0.1) is 11.7 Å². The van der Waals surface area contributed by atoms with Gasteiger partial charge in [0.25, 0.3) is 0 Å². The van der Waals surface area contributed by atoms with Crippen molar-refractivity contribution in [2.45, 2.75) is 13.8 Å². The average molecular weight is 316 g/mol. The van der Waals surface area contributed by atoms with E-state index in [1.807, 2.05) is 13.8 Å². The van der Waals surface area contributed by atoms with Gasteiger partial charge in [-0.25, -0.2) is 14.0 Å². The van der Waals surface area contributed by atoms with Crippen molar-refractivity contribution >= 4 is 11.9 Å². The van der Waals surface area contributed by atoms with E-state index in [2.05, 4.69) is 0 Å². The van der Waals surface area contributed by atoms with E-state index in [4.69, 9.17) is 9.47 Å². The van der Waals surface area contributed by atoms with Crippen LogP contribution in [-0.2, 0) is 4.74 Å². The van der Waals surface area contributed by atoms with Crippen LogP contribution < -0.4 is 4.74 Å². The zero-order chi connectivity index (χ0) is 16.8. The number of carbonyl (C=O) groups excluding carboxylic acids is 2. The van der Waals surface area contributed by atoms with Gasteiger partial charge in [0.2, 0.25) is 0 Å². The second-order valence-corrected chi connectivity index (χ2v) is 5.41. The summed E-state index contributed by atoms with van der Waals surface area (Å²) in [5.41, 5.74) is 0.624.